The molecule has 0 saturated heterocycles. The van der Waals surface area contributed by atoms with E-state index in [1.807, 2.05) is 38.1 Å². The summed E-state index contributed by atoms with van der Waals surface area (Å²) in [6.45, 7) is 6.15. The normalized spacial score (nSPS) is 10.8. The van der Waals surface area contributed by atoms with Gasteiger partial charge in [0.15, 0.2) is 0 Å². The third-order valence-electron chi connectivity index (χ3n) is 4.46. The first-order valence-electron chi connectivity index (χ1n) is 8.57. The summed E-state index contributed by atoms with van der Waals surface area (Å²) in [7, 11) is 0. The van der Waals surface area contributed by atoms with Crippen LogP contribution in [0.5, 0.6) is 11.5 Å². The van der Waals surface area contributed by atoms with Crippen molar-refractivity contribution in [1.29, 1.82) is 0 Å². The van der Waals surface area contributed by atoms with Gasteiger partial charge in [0.05, 0.1) is 0 Å². The van der Waals surface area contributed by atoms with Gasteiger partial charge in [-0.3, -0.25) is 0 Å². The number of aryl methyl sites for hydroxylation is 3. The topological polar surface area (TPSA) is 40.5 Å². The first-order valence-corrected chi connectivity index (χ1v) is 8.57. The molecule has 2 heteroatoms. The van der Waals surface area contributed by atoms with E-state index in [1.54, 1.807) is 12.1 Å². The number of rotatable bonds is 4. The van der Waals surface area contributed by atoms with Gasteiger partial charge >= 0.3 is 0 Å². The van der Waals surface area contributed by atoms with Crippen molar-refractivity contribution in [2.45, 2.75) is 33.6 Å². The second kappa shape index (κ2) is 7.02. The van der Waals surface area contributed by atoms with Crippen LogP contribution in [0.3, 0.4) is 0 Å². The van der Waals surface area contributed by atoms with Gasteiger partial charge in [0, 0.05) is 12.8 Å². The van der Waals surface area contributed by atoms with Crippen molar-refractivity contribution in [1.82, 2.24) is 0 Å². The molecule has 0 atom stereocenters. The van der Waals surface area contributed by atoms with Gasteiger partial charge in [0.25, 0.3) is 0 Å². The van der Waals surface area contributed by atoms with E-state index in [0.29, 0.717) is 24.3 Å². The Morgan fingerprint density at radius 2 is 1.00 bits per heavy atom. The molecule has 2 N–H and O–H groups in total. The minimum atomic E-state index is 0.338. The van der Waals surface area contributed by atoms with Crippen LogP contribution in [-0.2, 0) is 12.8 Å². The first kappa shape index (κ1) is 17.1. The second-order valence-electron chi connectivity index (χ2n) is 6.94. The van der Waals surface area contributed by atoms with Gasteiger partial charge in [-0.2, -0.15) is 0 Å². The molecule has 3 aromatic rings. The van der Waals surface area contributed by atoms with Gasteiger partial charge in [-0.05, 0) is 55.2 Å². The molecule has 0 unspecified atom stereocenters. The molecule has 0 saturated carbocycles. The molecule has 0 aliphatic rings. The SMILES string of the molecule is Cc1cc(Cc2cc(C)ccc2O)cc(Cc2cc(C)ccc2O)c1. The minimum Gasteiger partial charge on any atom is -0.508 e. The average Bonchev–Trinajstić information content (AvgIpc) is 2.54. The van der Waals surface area contributed by atoms with E-state index in [4.69, 9.17) is 0 Å². The Kier molecular flexibility index (Phi) is 4.80. The predicted molar refractivity (Wildman–Crippen MR) is 102 cm³/mol. The number of benzene rings is 3. The molecule has 0 fully saturated rings. The molecule has 0 radical (unpaired) electrons. The highest BCUT2D eigenvalue weighted by atomic mass is 16.3. The van der Waals surface area contributed by atoms with Gasteiger partial charge < -0.3 is 10.2 Å². The lowest BCUT2D eigenvalue weighted by molar-refractivity contribution is 0.469. The first-order chi connectivity index (χ1) is 11.9. The number of phenols is 2. The summed E-state index contributed by atoms with van der Waals surface area (Å²) in [4.78, 5) is 0. The van der Waals surface area contributed by atoms with Crippen molar-refractivity contribution in [3.05, 3.63) is 93.5 Å². The zero-order valence-electron chi connectivity index (χ0n) is 15.0. The maximum absolute atomic E-state index is 10.1. The van der Waals surface area contributed by atoms with Crippen molar-refractivity contribution < 1.29 is 10.2 Å². The molecule has 3 rings (SSSR count). The molecule has 0 amide bonds. The quantitative estimate of drug-likeness (QED) is 0.689. The van der Waals surface area contributed by atoms with Crippen molar-refractivity contribution in [2.75, 3.05) is 0 Å². The Labute approximate surface area is 149 Å². The van der Waals surface area contributed by atoms with Crippen molar-refractivity contribution in [2.24, 2.45) is 0 Å². The van der Waals surface area contributed by atoms with Crippen LogP contribution in [-0.4, -0.2) is 10.2 Å². The summed E-state index contributed by atoms with van der Waals surface area (Å²) in [5.74, 6) is 0.676. The number of aromatic hydroxyl groups is 2. The smallest absolute Gasteiger partial charge is 0.119 e. The summed E-state index contributed by atoms with van der Waals surface area (Å²) in [5.41, 5.74) is 7.69. The van der Waals surface area contributed by atoms with Crippen LogP contribution in [0, 0.1) is 20.8 Å². The van der Waals surface area contributed by atoms with Crippen LogP contribution in [0.15, 0.2) is 54.6 Å². The molecule has 3 aromatic carbocycles. The van der Waals surface area contributed by atoms with E-state index in [2.05, 4.69) is 25.1 Å². The van der Waals surface area contributed by atoms with E-state index in [9.17, 15) is 10.2 Å². The lowest BCUT2D eigenvalue weighted by Crippen LogP contribution is -1.96. The summed E-state index contributed by atoms with van der Waals surface area (Å²) < 4.78 is 0. The lowest BCUT2D eigenvalue weighted by Gasteiger charge is -2.11. The van der Waals surface area contributed by atoms with Gasteiger partial charge in [0.1, 0.15) is 11.5 Å². The molecule has 2 nitrogen and oxygen atoms in total. The molecule has 0 aliphatic heterocycles. The monoisotopic (exact) mass is 332 g/mol. The van der Waals surface area contributed by atoms with E-state index < -0.39 is 0 Å². The third-order valence-corrected chi connectivity index (χ3v) is 4.46. The zero-order valence-corrected chi connectivity index (χ0v) is 15.0. The van der Waals surface area contributed by atoms with Crippen molar-refractivity contribution >= 4 is 0 Å². The molecular formula is C23H24O2. The Bertz CT molecular complexity index is 838. The minimum absolute atomic E-state index is 0.338. The highest BCUT2D eigenvalue weighted by Crippen LogP contribution is 2.25. The Balaban J connectivity index is 1.90. The predicted octanol–water partition coefficient (Wildman–Crippen LogP) is 5.20. The fraction of sp³-hybridized carbons (Fsp3) is 0.217. The standard InChI is InChI=1S/C23H24O2/c1-15-4-6-22(24)20(10-15)13-18-8-17(3)9-19(12-18)14-21-11-16(2)5-7-23(21)25/h4-12,24-25H,13-14H2,1-3H3. The van der Waals surface area contributed by atoms with E-state index in [-0.39, 0.29) is 0 Å². The van der Waals surface area contributed by atoms with Gasteiger partial charge in [-0.15, -0.1) is 0 Å². The van der Waals surface area contributed by atoms with E-state index in [1.165, 1.54) is 16.7 Å². The van der Waals surface area contributed by atoms with Gasteiger partial charge in [0.2, 0.25) is 0 Å². The van der Waals surface area contributed by atoms with Crippen LogP contribution in [0.1, 0.15) is 38.9 Å². The fourth-order valence-electron chi connectivity index (χ4n) is 3.30. The van der Waals surface area contributed by atoms with Crippen molar-refractivity contribution in [3.63, 3.8) is 0 Å². The Hall–Kier alpha value is -2.74. The summed E-state index contributed by atoms with van der Waals surface area (Å²) in [6.07, 6.45) is 1.39. The van der Waals surface area contributed by atoms with E-state index >= 15 is 0 Å². The average molecular weight is 332 g/mol. The van der Waals surface area contributed by atoms with Gasteiger partial charge in [-0.25, -0.2) is 0 Å². The highest BCUT2D eigenvalue weighted by Gasteiger charge is 2.08. The van der Waals surface area contributed by atoms with Gasteiger partial charge in [-0.1, -0.05) is 59.2 Å². The molecular weight excluding hydrogens is 308 g/mol. The number of hydrogen-bond donors (Lipinski definition) is 2. The molecule has 0 aliphatic carbocycles. The molecule has 0 spiro atoms. The molecule has 25 heavy (non-hydrogen) atoms. The van der Waals surface area contributed by atoms with E-state index in [0.717, 1.165) is 22.3 Å². The molecule has 128 valence electrons. The fourth-order valence-corrected chi connectivity index (χ4v) is 3.30. The maximum atomic E-state index is 10.1. The van der Waals surface area contributed by atoms with Crippen LogP contribution in [0.25, 0.3) is 0 Å². The Morgan fingerprint density at radius 1 is 0.560 bits per heavy atom. The summed E-state index contributed by atoms with van der Waals surface area (Å²) in [6, 6.07) is 17.9. The zero-order chi connectivity index (χ0) is 18.0. The number of phenolic OH excluding ortho intramolecular Hbond substituents is 2. The van der Waals surface area contributed by atoms with Crippen LogP contribution >= 0.6 is 0 Å². The molecule has 0 heterocycles. The highest BCUT2D eigenvalue weighted by molar-refractivity contribution is 5.43. The third kappa shape index (κ3) is 4.21. The van der Waals surface area contributed by atoms with Crippen LogP contribution < -0.4 is 0 Å². The summed E-state index contributed by atoms with van der Waals surface area (Å²) in [5, 5.41) is 20.2. The Morgan fingerprint density at radius 3 is 1.44 bits per heavy atom. The molecule has 0 bridgehead atoms. The maximum Gasteiger partial charge on any atom is 0.119 e. The van der Waals surface area contributed by atoms with Crippen molar-refractivity contribution in [3.8, 4) is 11.5 Å². The molecule has 0 aromatic heterocycles. The van der Waals surface area contributed by atoms with Crippen LogP contribution in [0.2, 0.25) is 0 Å². The van der Waals surface area contributed by atoms with Crippen LogP contribution in [0.4, 0.5) is 0 Å². The summed E-state index contributed by atoms with van der Waals surface area (Å²) >= 11 is 0. The number of hydrogen-bond acceptors (Lipinski definition) is 2. The second-order valence-corrected chi connectivity index (χ2v) is 6.94. The lowest BCUT2D eigenvalue weighted by atomic mass is 9.95. The largest absolute Gasteiger partial charge is 0.508 e.